The number of H-pyrrole nitrogens is 1. The molecule has 0 saturated carbocycles. The molecule has 0 spiro atoms. The number of fused-ring (bicyclic) bond motifs is 1. The molecule has 0 aliphatic carbocycles. The molecule has 28 heavy (non-hydrogen) atoms. The molecule has 1 aromatic heterocycles. The van der Waals surface area contributed by atoms with E-state index in [2.05, 4.69) is 27.0 Å². The fourth-order valence-electron chi connectivity index (χ4n) is 3.51. The van der Waals surface area contributed by atoms with Gasteiger partial charge in [-0.2, -0.15) is 0 Å². The summed E-state index contributed by atoms with van der Waals surface area (Å²) < 4.78 is 18.9. The summed E-state index contributed by atoms with van der Waals surface area (Å²) in [5.74, 6) is -1.26. The van der Waals surface area contributed by atoms with Crippen molar-refractivity contribution in [2.45, 2.75) is 26.8 Å². The molecule has 0 bridgehead atoms. The lowest BCUT2D eigenvalue weighted by atomic mass is 10.1. The molecular formula is C20H27FN4O3. The first-order valence-electron chi connectivity index (χ1n) is 9.70. The summed E-state index contributed by atoms with van der Waals surface area (Å²) in [6.07, 6.45) is 0. The second kappa shape index (κ2) is 8.70. The van der Waals surface area contributed by atoms with Crippen molar-refractivity contribution in [1.82, 2.24) is 14.8 Å². The highest BCUT2D eigenvalue weighted by Crippen LogP contribution is 2.29. The number of nitrogens with zero attached hydrogens (tertiary/aromatic N) is 2. The molecule has 152 valence electrons. The maximum absolute atomic E-state index is 13.8. The lowest BCUT2D eigenvalue weighted by Gasteiger charge is -2.36. The third-order valence-corrected chi connectivity index (χ3v) is 5.27. The Bertz CT molecular complexity index is 858. The van der Waals surface area contributed by atoms with Crippen molar-refractivity contribution in [3.8, 4) is 0 Å². The topological polar surface area (TPSA) is 77.7 Å². The second-order valence-electron chi connectivity index (χ2n) is 6.92. The number of anilines is 1. The average Bonchev–Trinajstić information content (AvgIpc) is 3.05. The van der Waals surface area contributed by atoms with E-state index in [9.17, 15) is 14.0 Å². The highest BCUT2D eigenvalue weighted by atomic mass is 19.1. The van der Waals surface area contributed by atoms with Crippen LogP contribution in [0, 0.1) is 5.82 Å². The second-order valence-corrected chi connectivity index (χ2v) is 6.92. The molecule has 1 saturated heterocycles. The Morgan fingerprint density at radius 1 is 1.25 bits per heavy atom. The molecule has 1 aliphatic rings. The van der Waals surface area contributed by atoms with Gasteiger partial charge in [-0.1, -0.05) is 6.92 Å². The summed E-state index contributed by atoms with van der Waals surface area (Å²) >= 11 is 0. The first-order valence-corrected chi connectivity index (χ1v) is 9.70. The van der Waals surface area contributed by atoms with E-state index in [1.165, 1.54) is 18.2 Å². The molecular weight excluding hydrogens is 363 g/mol. The van der Waals surface area contributed by atoms with Gasteiger partial charge in [0, 0.05) is 37.1 Å². The van der Waals surface area contributed by atoms with Gasteiger partial charge in [-0.3, -0.25) is 9.69 Å². The van der Waals surface area contributed by atoms with Crippen LogP contribution in [0.5, 0.6) is 0 Å². The van der Waals surface area contributed by atoms with Crippen LogP contribution >= 0.6 is 0 Å². The van der Waals surface area contributed by atoms with Crippen molar-refractivity contribution >= 4 is 28.5 Å². The smallest absolute Gasteiger partial charge is 0.356 e. The monoisotopic (exact) mass is 390 g/mol. The Morgan fingerprint density at radius 3 is 2.61 bits per heavy atom. The Balaban J connectivity index is 1.83. The average molecular weight is 390 g/mol. The number of benzene rings is 1. The van der Waals surface area contributed by atoms with Crippen LogP contribution in [0.15, 0.2) is 18.2 Å². The van der Waals surface area contributed by atoms with Gasteiger partial charge < -0.3 is 19.9 Å². The van der Waals surface area contributed by atoms with Gasteiger partial charge in [-0.25, -0.2) is 9.18 Å². The van der Waals surface area contributed by atoms with Crippen LogP contribution in [-0.2, 0) is 9.53 Å². The number of carbonyl (C=O) groups excluding carboxylic acids is 2. The molecule has 1 aromatic carbocycles. The van der Waals surface area contributed by atoms with Crippen LogP contribution in [0.1, 0.15) is 31.3 Å². The predicted molar refractivity (Wildman–Crippen MR) is 106 cm³/mol. The van der Waals surface area contributed by atoms with Crippen LogP contribution in [0.3, 0.4) is 0 Å². The van der Waals surface area contributed by atoms with Crippen molar-refractivity contribution in [1.29, 1.82) is 0 Å². The van der Waals surface area contributed by atoms with Crippen LogP contribution in [0.2, 0.25) is 0 Å². The van der Waals surface area contributed by atoms with Crippen molar-refractivity contribution in [2.24, 2.45) is 0 Å². The zero-order chi connectivity index (χ0) is 20.3. The van der Waals surface area contributed by atoms with Gasteiger partial charge in [0.25, 0.3) is 0 Å². The van der Waals surface area contributed by atoms with E-state index in [0.717, 1.165) is 32.7 Å². The normalized spacial score (nSPS) is 16.9. The Morgan fingerprint density at radius 2 is 1.96 bits per heavy atom. The summed E-state index contributed by atoms with van der Waals surface area (Å²) in [6.45, 7) is 10.3. The number of aromatic amines is 1. The number of piperazine rings is 1. The zero-order valence-electron chi connectivity index (χ0n) is 16.5. The van der Waals surface area contributed by atoms with E-state index in [4.69, 9.17) is 4.74 Å². The molecule has 2 heterocycles. The lowest BCUT2D eigenvalue weighted by Crippen LogP contribution is -2.52. The van der Waals surface area contributed by atoms with E-state index < -0.39 is 11.8 Å². The van der Waals surface area contributed by atoms with Gasteiger partial charge in [0.1, 0.15) is 11.5 Å². The van der Waals surface area contributed by atoms with Gasteiger partial charge in [0.2, 0.25) is 5.91 Å². The van der Waals surface area contributed by atoms with Crippen molar-refractivity contribution in [3.63, 3.8) is 0 Å². The van der Waals surface area contributed by atoms with Crippen molar-refractivity contribution < 1.29 is 18.7 Å². The fourth-order valence-corrected chi connectivity index (χ4v) is 3.51. The molecule has 1 aliphatic heterocycles. The predicted octanol–water partition coefficient (Wildman–Crippen LogP) is 2.45. The van der Waals surface area contributed by atoms with Crippen LogP contribution in [-0.4, -0.2) is 72.0 Å². The molecule has 1 fully saturated rings. The van der Waals surface area contributed by atoms with E-state index in [0.29, 0.717) is 10.9 Å². The minimum Gasteiger partial charge on any atom is -0.461 e. The number of amides is 1. The van der Waals surface area contributed by atoms with Crippen LogP contribution < -0.4 is 5.32 Å². The number of likely N-dealkylation sites (N-methyl/N-ethyl adjacent to an activating group) is 1. The molecule has 1 atom stereocenters. The number of hydrogen-bond acceptors (Lipinski definition) is 5. The highest BCUT2D eigenvalue weighted by molar-refractivity contribution is 6.11. The standard InChI is InChI=1S/C20H27FN4O3/c1-4-24-8-10-25(11-9-24)13(3)19(26)23-17-15-12-14(21)6-7-16(15)22-18(17)20(27)28-5-2/h6-7,12-13,22H,4-5,8-11H2,1-3H3,(H,23,26)/t13-/m0/s1. The van der Waals surface area contributed by atoms with Gasteiger partial charge >= 0.3 is 5.97 Å². The molecule has 3 rings (SSSR count). The summed E-state index contributed by atoms with van der Waals surface area (Å²) in [4.78, 5) is 32.6. The maximum atomic E-state index is 13.8. The van der Waals surface area contributed by atoms with Crippen molar-refractivity contribution in [3.05, 3.63) is 29.7 Å². The molecule has 0 unspecified atom stereocenters. The third-order valence-electron chi connectivity index (χ3n) is 5.27. The molecule has 2 aromatic rings. The van der Waals surface area contributed by atoms with Gasteiger partial charge in [0.15, 0.2) is 0 Å². The molecule has 0 radical (unpaired) electrons. The number of nitrogens with one attached hydrogen (secondary N) is 2. The summed E-state index contributed by atoms with van der Waals surface area (Å²) in [5, 5.41) is 3.27. The van der Waals surface area contributed by atoms with Gasteiger partial charge in [-0.05, 0) is 38.6 Å². The number of esters is 1. The Kier molecular flexibility index (Phi) is 6.31. The van der Waals surface area contributed by atoms with E-state index in [1.54, 1.807) is 6.92 Å². The van der Waals surface area contributed by atoms with Gasteiger partial charge in [-0.15, -0.1) is 0 Å². The first-order chi connectivity index (χ1) is 13.4. The third kappa shape index (κ3) is 4.18. The van der Waals surface area contributed by atoms with E-state index >= 15 is 0 Å². The Labute approximate surface area is 163 Å². The van der Waals surface area contributed by atoms with E-state index in [-0.39, 0.29) is 29.9 Å². The lowest BCUT2D eigenvalue weighted by molar-refractivity contribution is -0.121. The molecule has 2 N–H and O–H groups in total. The Hall–Kier alpha value is -2.45. The number of halogens is 1. The minimum atomic E-state index is -0.585. The molecule has 8 heteroatoms. The zero-order valence-corrected chi connectivity index (χ0v) is 16.5. The summed E-state index contributed by atoms with van der Waals surface area (Å²) in [7, 11) is 0. The first kappa shape index (κ1) is 20.3. The maximum Gasteiger partial charge on any atom is 0.356 e. The number of hydrogen-bond donors (Lipinski definition) is 2. The largest absolute Gasteiger partial charge is 0.461 e. The molecule has 7 nitrogen and oxygen atoms in total. The van der Waals surface area contributed by atoms with Crippen molar-refractivity contribution in [2.75, 3.05) is 44.6 Å². The number of rotatable bonds is 6. The summed E-state index contributed by atoms with van der Waals surface area (Å²) in [6, 6.07) is 3.77. The minimum absolute atomic E-state index is 0.124. The number of aromatic nitrogens is 1. The van der Waals surface area contributed by atoms with E-state index in [1.807, 2.05) is 6.92 Å². The number of ether oxygens (including phenoxy) is 1. The molecule has 1 amide bonds. The number of carbonyl (C=O) groups is 2. The van der Waals surface area contributed by atoms with Gasteiger partial charge in [0.05, 0.1) is 18.3 Å². The van der Waals surface area contributed by atoms with Crippen LogP contribution in [0.25, 0.3) is 10.9 Å². The quantitative estimate of drug-likeness (QED) is 0.741. The van der Waals surface area contributed by atoms with Crippen LogP contribution in [0.4, 0.5) is 10.1 Å². The summed E-state index contributed by atoms with van der Waals surface area (Å²) in [5.41, 5.74) is 0.944. The highest BCUT2D eigenvalue weighted by Gasteiger charge is 2.27. The fraction of sp³-hybridized carbons (Fsp3) is 0.500. The SMILES string of the molecule is CCOC(=O)c1[nH]c2ccc(F)cc2c1NC(=O)[C@H](C)N1CCN(CC)CC1.